The van der Waals surface area contributed by atoms with Crippen molar-refractivity contribution in [1.82, 2.24) is 5.32 Å². The van der Waals surface area contributed by atoms with Crippen LogP contribution in [0.25, 0.3) is 0 Å². The second-order valence-corrected chi connectivity index (χ2v) is 4.55. The van der Waals surface area contributed by atoms with E-state index < -0.39 is 5.82 Å². The van der Waals surface area contributed by atoms with E-state index in [2.05, 4.69) is 10.6 Å². The molecule has 2 N–H and O–H groups in total. The number of hydrogen-bond donors (Lipinski definition) is 2. The SMILES string of the molecule is O=C(Nc1cc(Cl)ccc1F)[C@@H]1CCCCN1. The predicted octanol–water partition coefficient (Wildman–Crippen LogP) is 2.56. The van der Waals surface area contributed by atoms with Crippen LogP contribution in [0, 0.1) is 5.82 Å². The largest absolute Gasteiger partial charge is 0.322 e. The fourth-order valence-corrected chi connectivity index (χ4v) is 2.06. The Morgan fingerprint density at radius 3 is 3.00 bits per heavy atom. The fraction of sp³-hybridized carbons (Fsp3) is 0.417. The van der Waals surface area contributed by atoms with Gasteiger partial charge in [0.25, 0.3) is 0 Å². The highest BCUT2D eigenvalue weighted by Crippen LogP contribution is 2.20. The molecular weight excluding hydrogens is 243 g/mol. The molecular formula is C12H14ClFN2O. The molecule has 0 saturated carbocycles. The average Bonchev–Trinajstić information content (AvgIpc) is 2.35. The highest BCUT2D eigenvalue weighted by molar-refractivity contribution is 6.30. The summed E-state index contributed by atoms with van der Waals surface area (Å²) in [7, 11) is 0. The smallest absolute Gasteiger partial charge is 0.241 e. The van der Waals surface area contributed by atoms with E-state index in [9.17, 15) is 9.18 Å². The van der Waals surface area contributed by atoms with Crippen LogP contribution in [-0.4, -0.2) is 18.5 Å². The molecule has 1 aromatic rings. The summed E-state index contributed by atoms with van der Waals surface area (Å²) in [5.74, 6) is -0.676. The minimum Gasteiger partial charge on any atom is -0.322 e. The van der Waals surface area contributed by atoms with Crippen molar-refractivity contribution < 1.29 is 9.18 Å². The Morgan fingerprint density at radius 1 is 1.47 bits per heavy atom. The Morgan fingerprint density at radius 2 is 2.29 bits per heavy atom. The van der Waals surface area contributed by atoms with Gasteiger partial charge >= 0.3 is 0 Å². The van der Waals surface area contributed by atoms with Crippen LogP contribution in [0.5, 0.6) is 0 Å². The Balaban J connectivity index is 2.04. The quantitative estimate of drug-likeness (QED) is 0.854. The lowest BCUT2D eigenvalue weighted by atomic mass is 10.0. The molecule has 0 unspecified atom stereocenters. The maximum Gasteiger partial charge on any atom is 0.241 e. The maximum atomic E-state index is 13.4. The molecule has 1 saturated heterocycles. The molecule has 1 fully saturated rings. The zero-order valence-electron chi connectivity index (χ0n) is 9.30. The summed E-state index contributed by atoms with van der Waals surface area (Å²) in [5, 5.41) is 6.07. The molecule has 1 atom stereocenters. The molecule has 1 aromatic carbocycles. The van der Waals surface area contributed by atoms with Gasteiger partial charge in [-0.2, -0.15) is 0 Å². The molecule has 0 spiro atoms. The van der Waals surface area contributed by atoms with Gasteiger partial charge in [0.05, 0.1) is 11.7 Å². The standard InChI is InChI=1S/C12H14ClFN2O/c13-8-4-5-9(14)11(7-8)16-12(17)10-3-1-2-6-15-10/h4-5,7,10,15H,1-3,6H2,(H,16,17)/t10-/m0/s1. The maximum absolute atomic E-state index is 13.4. The summed E-state index contributed by atoms with van der Waals surface area (Å²) >= 11 is 5.75. The van der Waals surface area contributed by atoms with Crippen molar-refractivity contribution >= 4 is 23.2 Å². The van der Waals surface area contributed by atoms with Crippen LogP contribution >= 0.6 is 11.6 Å². The molecule has 2 rings (SSSR count). The van der Waals surface area contributed by atoms with E-state index in [-0.39, 0.29) is 17.6 Å². The van der Waals surface area contributed by atoms with E-state index >= 15 is 0 Å². The second-order valence-electron chi connectivity index (χ2n) is 4.12. The third-order valence-electron chi connectivity index (χ3n) is 2.81. The van der Waals surface area contributed by atoms with Gasteiger partial charge in [0.15, 0.2) is 0 Å². The second kappa shape index (κ2) is 5.47. The summed E-state index contributed by atoms with van der Waals surface area (Å²) in [6.45, 7) is 0.829. The zero-order chi connectivity index (χ0) is 12.3. The molecule has 3 nitrogen and oxygen atoms in total. The molecule has 0 aromatic heterocycles. The molecule has 1 heterocycles. The lowest BCUT2D eigenvalue weighted by Gasteiger charge is -2.22. The van der Waals surface area contributed by atoms with Crippen molar-refractivity contribution in [3.8, 4) is 0 Å². The number of piperidine rings is 1. The highest BCUT2D eigenvalue weighted by Gasteiger charge is 2.21. The summed E-state index contributed by atoms with van der Waals surface area (Å²) < 4.78 is 13.4. The van der Waals surface area contributed by atoms with Crippen molar-refractivity contribution in [1.29, 1.82) is 0 Å². The zero-order valence-corrected chi connectivity index (χ0v) is 10.1. The van der Waals surface area contributed by atoms with Gasteiger partial charge in [-0.05, 0) is 37.6 Å². The normalized spacial score (nSPS) is 20.0. The summed E-state index contributed by atoms with van der Waals surface area (Å²) in [4.78, 5) is 11.8. The van der Waals surface area contributed by atoms with Gasteiger partial charge in [0.2, 0.25) is 5.91 Å². The van der Waals surface area contributed by atoms with Gasteiger partial charge in [0.1, 0.15) is 5.82 Å². The monoisotopic (exact) mass is 256 g/mol. The molecule has 5 heteroatoms. The fourth-order valence-electron chi connectivity index (χ4n) is 1.89. The molecule has 0 radical (unpaired) electrons. The summed E-state index contributed by atoms with van der Waals surface area (Å²) in [6, 6.07) is 3.87. The number of carbonyl (C=O) groups excluding carboxylic acids is 1. The van der Waals surface area contributed by atoms with E-state index in [1.807, 2.05) is 0 Å². The predicted molar refractivity (Wildman–Crippen MR) is 65.7 cm³/mol. The first kappa shape index (κ1) is 12.3. The van der Waals surface area contributed by atoms with Crippen LogP contribution in [0.3, 0.4) is 0 Å². The number of halogens is 2. The molecule has 0 bridgehead atoms. The molecule has 17 heavy (non-hydrogen) atoms. The third kappa shape index (κ3) is 3.17. The average molecular weight is 257 g/mol. The van der Waals surface area contributed by atoms with E-state index in [1.165, 1.54) is 18.2 Å². The number of carbonyl (C=O) groups is 1. The van der Waals surface area contributed by atoms with E-state index in [1.54, 1.807) is 0 Å². The minimum atomic E-state index is -0.474. The highest BCUT2D eigenvalue weighted by atomic mass is 35.5. The van der Waals surface area contributed by atoms with Gasteiger partial charge in [-0.1, -0.05) is 18.0 Å². The van der Waals surface area contributed by atoms with E-state index in [4.69, 9.17) is 11.6 Å². The Kier molecular flexibility index (Phi) is 3.97. The van der Waals surface area contributed by atoms with Gasteiger partial charge in [-0.3, -0.25) is 4.79 Å². The van der Waals surface area contributed by atoms with Gasteiger partial charge in [-0.25, -0.2) is 4.39 Å². The lowest BCUT2D eigenvalue weighted by Crippen LogP contribution is -2.43. The number of nitrogens with one attached hydrogen (secondary N) is 2. The number of anilines is 1. The Bertz CT molecular complexity index is 419. The molecule has 1 aliphatic heterocycles. The number of amides is 1. The number of rotatable bonds is 2. The molecule has 92 valence electrons. The first-order valence-corrected chi connectivity index (χ1v) is 6.04. The third-order valence-corrected chi connectivity index (χ3v) is 3.05. The van der Waals surface area contributed by atoms with Crippen molar-refractivity contribution in [2.45, 2.75) is 25.3 Å². The Labute approximate surface area is 104 Å². The topological polar surface area (TPSA) is 41.1 Å². The summed E-state index contributed by atoms with van der Waals surface area (Å²) in [5.41, 5.74) is 0.134. The number of benzene rings is 1. The summed E-state index contributed by atoms with van der Waals surface area (Å²) in [6.07, 6.45) is 2.88. The minimum absolute atomic E-state index is 0.134. The molecule has 1 aliphatic rings. The van der Waals surface area contributed by atoms with Crippen LogP contribution in [0.2, 0.25) is 5.02 Å². The van der Waals surface area contributed by atoms with Gasteiger partial charge in [-0.15, -0.1) is 0 Å². The number of hydrogen-bond acceptors (Lipinski definition) is 2. The molecule has 0 aliphatic carbocycles. The van der Waals surface area contributed by atoms with Gasteiger partial charge < -0.3 is 10.6 Å². The van der Waals surface area contributed by atoms with Crippen LogP contribution < -0.4 is 10.6 Å². The van der Waals surface area contributed by atoms with Crippen LogP contribution in [-0.2, 0) is 4.79 Å². The van der Waals surface area contributed by atoms with E-state index in [0.717, 1.165) is 25.8 Å². The van der Waals surface area contributed by atoms with Crippen molar-refractivity contribution in [3.05, 3.63) is 29.0 Å². The first-order valence-electron chi connectivity index (χ1n) is 5.66. The van der Waals surface area contributed by atoms with Crippen LogP contribution in [0.15, 0.2) is 18.2 Å². The van der Waals surface area contributed by atoms with E-state index in [0.29, 0.717) is 5.02 Å². The van der Waals surface area contributed by atoms with Crippen molar-refractivity contribution in [2.24, 2.45) is 0 Å². The van der Waals surface area contributed by atoms with Crippen molar-refractivity contribution in [3.63, 3.8) is 0 Å². The lowest BCUT2D eigenvalue weighted by molar-refractivity contribution is -0.118. The van der Waals surface area contributed by atoms with Gasteiger partial charge in [0, 0.05) is 5.02 Å². The first-order chi connectivity index (χ1) is 8.16. The van der Waals surface area contributed by atoms with Crippen molar-refractivity contribution in [2.75, 3.05) is 11.9 Å². The Hall–Kier alpha value is -1.13. The molecule has 1 amide bonds. The van der Waals surface area contributed by atoms with Crippen LogP contribution in [0.4, 0.5) is 10.1 Å². The van der Waals surface area contributed by atoms with Crippen LogP contribution in [0.1, 0.15) is 19.3 Å².